The van der Waals surface area contributed by atoms with Crippen molar-refractivity contribution in [3.8, 4) is 5.75 Å². The summed E-state index contributed by atoms with van der Waals surface area (Å²) in [6, 6.07) is 9.18. The lowest BCUT2D eigenvalue weighted by atomic mass is 10.0. The standard InChI is InChI=1S/C28H35N5O6S2/c1-41-11-10-20(29)25(35)31-22(12-16-6-8-18(34)9-7-16)26(36)33-24(15-40)27(37)32-23(28(38)39)13-17-14-30-21-5-3-2-4-19(17)21/h2-9,14,20,22-24,30,34,40H,10-13,15,29H2,1H3,(H,31,35)(H,32,37)(H,33,36)(H,38,39). The molecule has 0 bridgehead atoms. The van der Waals surface area contributed by atoms with Gasteiger partial charge in [0.25, 0.3) is 0 Å². The molecule has 0 aliphatic rings. The van der Waals surface area contributed by atoms with Crippen molar-refractivity contribution in [2.45, 2.75) is 43.4 Å². The third-order valence-electron chi connectivity index (χ3n) is 6.51. The maximum Gasteiger partial charge on any atom is 0.326 e. The predicted molar refractivity (Wildman–Crippen MR) is 162 cm³/mol. The highest BCUT2D eigenvalue weighted by molar-refractivity contribution is 7.98. The van der Waals surface area contributed by atoms with E-state index in [-0.39, 0.29) is 24.3 Å². The summed E-state index contributed by atoms with van der Waals surface area (Å²) >= 11 is 5.74. The van der Waals surface area contributed by atoms with Crippen molar-refractivity contribution in [3.63, 3.8) is 0 Å². The van der Waals surface area contributed by atoms with Gasteiger partial charge in [-0.1, -0.05) is 30.3 Å². The average molecular weight is 602 g/mol. The van der Waals surface area contributed by atoms with Gasteiger partial charge in [0.1, 0.15) is 23.9 Å². The number of aromatic hydroxyl groups is 1. The first-order chi connectivity index (χ1) is 19.6. The number of carbonyl (C=O) groups excluding carboxylic acids is 3. The van der Waals surface area contributed by atoms with Crippen LogP contribution in [0.4, 0.5) is 0 Å². The normalized spacial score (nSPS) is 14.0. The number of amides is 3. The largest absolute Gasteiger partial charge is 0.508 e. The van der Waals surface area contributed by atoms with Crippen molar-refractivity contribution in [2.24, 2.45) is 5.73 Å². The number of para-hydroxylation sites is 1. The Morgan fingerprint density at radius 3 is 2.22 bits per heavy atom. The molecule has 11 nitrogen and oxygen atoms in total. The molecular formula is C28H35N5O6S2. The fourth-order valence-corrected chi connectivity index (χ4v) is 4.94. The average Bonchev–Trinajstić information content (AvgIpc) is 3.37. The first kappa shape index (κ1) is 31.8. The van der Waals surface area contributed by atoms with Crippen LogP contribution in [0.1, 0.15) is 17.5 Å². The smallest absolute Gasteiger partial charge is 0.326 e. The van der Waals surface area contributed by atoms with Crippen LogP contribution < -0.4 is 21.7 Å². The lowest BCUT2D eigenvalue weighted by Crippen LogP contribution is -2.58. The Balaban J connectivity index is 1.72. The van der Waals surface area contributed by atoms with E-state index in [1.54, 1.807) is 18.3 Å². The summed E-state index contributed by atoms with van der Waals surface area (Å²) < 4.78 is 0. The summed E-state index contributed by atoms with van der Waals surface area (Å²) in [6.07, 6.45) is 4.09. The quantitative estimate of drug-likeness (QED) is 0.119. The van der Waals surface area contributed by atoms with Gasteiger partial charge < -0.3 is 36.9 Å². The Labute approximate surface area is 247 Å². The number of rotatable bonds is 15. The fraction of sp³-hybridized carbons (Fsp3) is 0.357. The number of benzene rings is 2. The molecule has 3 amide bonds. The third-order valence-corrected chi connectivity index (χ3v) is 7.52. The number of phenols is 1. The van der Waals surface area contributed by atoms with E-state index < -0.39 is 47.9 Å². The minimum absolute atomic E-state index is 0.0196. The molecule has 1 aromatic heterocycles. The van der Waals surface area contributed by atoms with Gasteiger partial charge in [-0.2, -0.15) is 24.4 Å². The molecular weight excluding hydrogens is 566 g/mol. The Morgan fingerprint density at radius 2 is 1.56 bits per heavy atom. The van der Waals surface area contributed by atoms with Gasteiger partial charge in [0.2, 0.25) is 17.7 Å². The number of carboxylic acid groups (broad SMARTS) is 1. The zero-order valence-electron chi connectivity index (χ0n) is 22.5. The number of aromatic nitrogens is 1. The highest BCUT2D eigenvalue weighted by Gasteiger charge is 2.30. The summed E-state index contributed by atoms with van der Waals surface area (Å²) in [5.41, 5.74) is 8.20. The van der Waals surface area contributed by atoms with Crippen LogP contribution in [0.3, 0.4) is 0 Å². The number of thioether (sulfide) groups is 1. The molecule has 0 saturated heterocycles. The molecule has 220 valence electrons. The first-order valence-electron chi connectivity index (χ1n) is 12.9. The highest BCUT2D eigenvalue weighted by atomic mass is 32.2. The van der Waals surface area contributed by atoms with Crippen LogP contribution in [0.5, 0.6) is 5.75 Å². The number of H-pyrrole nitrogens is 1. The van der Waals surface area contributed by atoms with Gasteiger partial charge in [-0.3, -0.25) is 14.4 Å². The molecule has 3 rings (SSSR count). The SMILES string of the molecule is CSCCC(N)C(=O)NC(Cc1ccc(O)cc1)C(=O)NC(CS)C(=O)NC(Cc1c[nH]c2ccccc12)C(=O)O. The summed E-state index contributed by atoms with van der Waals surface area (Å²) in [5, 5.41) is 28.0. The van der Waals surface area contributed by atoms with Crippen LogP contribution in [0.25, 0.3) is 10.9 Å². The number of thiol groups is 1. The lowest BCUT2D eigenvalue weighted by molar-refractivity contribution is -0.142. The summed E-state index contributed by atoms with van der Waals surface area (Å²) in [7, 11) is 0. The molecule has 0 saturated carbocycles. The van der Waals surface area contributed by atoms with Gasteiger partial charge in [-0.25, -0.2) is 4.79 Å². The van der Waals surface area contributed by atoms with Gasteiger partial charge in [-0.15, -0.1) is 0 Å². The second kappa shape index (κ2) is 15.4. The second-order valence-electron chi connectivity index (χ2n) is 9.53. The van der Waals surface area contributed by atoms with E-state index in [9.17, 15) is 29.4 Å². The van der Waals surface area contributed by atoms with Crippen molar-refractivity contribution in [2.75, 3.05) is 17.8 Å². The van der Waals surface area contributed by atoms with Crippen LogP contribution in [-0.2, 0) is 32.0 Å². The van der Waals surface area contributed by atoms with Crippen molar-refractivity contribution in [1.82, 2.24) is 20.9 Å². The molecule has 8 N–H and O–H groups in total. The van der Waals surface area contributed by atoms with E-state index in [1.165, 1.54) is 23.9 Å². The number of aromatic amines is 1. The summed E-state index contributed by atoms with van der Waals surface area (Å²) in [6.45, 7) is 0. The third kappa shape index (κ3) is 9.17. The van der Waals surface area contributed by atoms with Gasteiger partial charge in [0.15, 0.2) is 0 Å². The molecule has 13 heteroatoms. The number of nitrogens with one attached hydrogen (secondary N) is 4. The van der Waals surface area contributed by atoms with Crippen molar-refractivity contribution < 1.29 is 29.4 Å². The zero-order valence-corrected chi connectivity index (χ0v) is 24.2. The second-order valence-corrected chi connectivity index (χ2v) is 10.9. The molecule has 0 spiro atoms. The number of fused-ring (bicyclic) bond motifs is 1. The Bertz CT molecular complexity index is 1350. The highest BCUT2D eigenvalue weighted by Crippen LogP contribution is 2.19. The Hall–Kier alpha value is -3.68. The fourth-order valence-electron chi connectivity index (χ4n) is 4.19. The number of carbonyl (C=O) groups is 4. The molecule has 0 radical (unpaired) electrons. The number of phenolic OH excluding ortho intramolecular Hbond substituents is 1. The molecule has 0 fully saturated rings. The molecule has 41 heavy (non-hydrogen) atoms. The minimum atomic E-state index is -1.26. The predicted octanol–water partition coefficient (Wildman–Crippen LogP) is 1.21. The molecule has 0 aliphatic heterocycles. The summed E-state index contributed by atoms with van der Waals surface area (Å²) in [5.74, 6) is -2.56. The minimum Gasteiger partial charge on any atom is -0.508 e. The molecule has 3 aromatic rings. The lowest BCUT2D eigenvalue weighted by Gasteiger charge is -2.24. The van der Waals surface area contributed by atoms with Crippen LogP contribution in [0.15, 0.2) is 54.7 Å². The van der Waals surface area contributed by atoms with E-state index in [2.05, 4.69) is 33.6 Å². The van der Waals surface area contributed by atoms with Gasteiger partial charge in [0.05, 0.1) is 6.04 Å². The monoisotopic (exact) mass is 601 g/mol. The van der Waals surface area contributed by atoms with E-state index in [1.807, 2.05) is 30.5 Å². The Kier molecular flexibility index (Phi) is 11.9. The molecule has 4 atom stereocenters. The maximum atomic E-state index is 13.3. The van der Waals surface area contributed by atoms with E-state index in [0.29, 0.717) is 23.3 Å². The van der Waals surface area contributed by atoms with Crippen LogP contribution in [-0.4, -0.2) is 80.8 Å². The molecule has 0 aliphatic carbocycles. The maximum absolute atomic E-state index is 13.3. The van der Waals surface area contributed by atoms with Crippen molar-refractivity contribution in [3.05, 3.63) is 65.9 Å². The molecule has 1 heterocycles. The topological polar surface area (TPSA) is 187 Å². The number of hydrogen-bond acceptors (Lipinski definition) is 8. The van der Waals surface area contributed by atoms with Crippen molar-refractivity contribution in [1.29, 1.82) is 0 Å². The van der Waals surface area contributed by atoms with Crippen molar-refractivity contribution >= 4 is 59.0 Å². The van der Waals surface area contributed by atoms with E-state index in [0.717, 1.165) is 10.9 Å². The van der Waals surface area contributed by atoms with Crippen LogP contribution in [0, 0.1) is 0 Å². The van der Waals surface area contributed by atoms with Crippen LogP contribution in [0.2, 0.25) is 0 Å². The number of hydrogen-bond donors (Lipinski definition) is 8. The van der Waals surface area contributed by atoms with Gasteiger partial charge in [-0.05, 0) is 47.8 Å². The number of aliphatic carboxylic acids is 1. The Morgan fingerprint density at radius 1 is 0.927 bits per heavy atom. The molecule has 4 unspecified atom stereocenters. The first-order valence-corrected chi connectivity index (χ1v) is 15.0. The molecule has 2 aromatic carbocycles. The van der Waals surface area contributed by atoms with Gasteiger partial charge in [0, 0.05) is 35.7 Å². The summed E-state index contributed by atoms with van der Waals surface area (Å²) in [4.78, 5) is 54.3. The number of carboxylic acids is 1. The number of nitrogens with two attached hydrogens (primary N) is 1. The van der Waals surface area contributed by atoms with E-state index >= 15 is 0 Å². The van der Waals surface area contributed by atoms with Gasteiger partial charge >= 0.3 is 5.97 Å². The zero-order chi connectivity index (χ0) is 29.9. The van der Waals surface area contributed by atoms with Crippen LogP contribution >= 0.6 is 24.4 Å². The van der Waals surface area contributed by atoms with E-state index in [4.69, 9.17) is 5.73 Å².